The van der Waals surface area contributed by atoms with E-state index in [1.807, 2.05) is 0 Å². The Hall–Kier alpha value is -0.260. The second kappa shape index (κ2) is 7.50. The van der Waals surface area contributed by atoms with Gasteiger partial charge in [0.25, 0.3) is 0 Å². The lowest BCUT2D eigenvalue weighted by Gasteiger charge is -2.20. The Morgan fingerprint density at radius 1 is 1.11 bits per heavy atom. The average molecular weight is 264 g/mol. The van der Waals surface area contributed by atoms with Gasteiger partial charge >= 0.3 is 0 Å². The van der Waals surface area contributed by atoms with Crippen LogP contribution in [-0.4, -0.2) is 0 Å². The van der Waals surface area contributed by atoms with Crippen LogP contribution in [0.15, 0.2) is 12.2 Å². The maximum Gasteiger partial charge on any atom is -0.0206 e. The minimum absolute atomic E-state index is 0.648. The molecule has 0 radical (unpaired) electrons. The van der Waals surface area contributed by atoms with Gasteiger partial charge in [-0.25, -0.2) is 0 Å². The van der Waals surface area contributed by atoms with E-state index in [0.29, 0.717) is 10.8 Å². The molecule has 0 N–H and O–H groups in total. The fourth-order valence-electron chi connectivity index (χ4n) is 3.69. The first-order chi connectivity index (χ1) is 8.99. The molecular weight excluding hydrogens is 228 g/mol. The summed E-state index contributed by atoms with van der Waals surface area (Å²) in [4.78, 5) is 0. The molecule has 0 nitrogen and oxygen atoms in total. The van der Waals surface area contributed by atoms with Crippen LogP contribution in [0.1, 0.15) is 92.4 Å². The standard InChI is InChI=1S/C19H36/c1-6-8-11-14-18(5)16-19(18,7-2)15-12-9-10-13-17(3)4/h9,12,17H,6-8,10-11,13-16H2,1-5H3. The quantitative estimate of drug-likeness (QED) is 0.302. The van der Waals surface area contributed by atoms with Crippen LogP contribution in [0.2, 0.25) is 0 Å². The highest BCUT2D eigenvalue weighted by molar-refractivity contribution is 5.13. The van der Waals surface area contributed by atoms with Crippen LogP contribution in [0.4, 0.5) is 0 Å². The first kappa shape index (κ1) is 16.8. The van der Waals surface area contributed by atoms with Gasteiger partial charge in [-0.15, -0.1) is 0 Å². The zero-order chi connectivity index (χ0) is 14.4. The van der Waals surface area contributed by atoms with E-state index in [1.165, 1.54) is 57.8 Å². The monoisotopic (exact) mass is 264 g/mol. The Balaban J connectivity index is 2.33. The second-order valence-corrected chi connectivity index (χ2v) is 7.48. The Morgan fingerprint density at radius 2 is 1.84 bits per heavy atom. The lowest BCUT2D eigenvalue weighted by Crippen LogP contribution is -2.10. The van der Waals surface area contributed by atoms with Gasteiger partial charge in [0, 0.05) is 0 Å². The number of hydrogen-bond donors (Lipinski definition) is 0. The minimum atomic E-state index is 0.648. The van der Waals surface area contributed by atoms with E-state index in [4.69, 9.17) is 0 Å². The Labute approximate surface area is 122 Å². The predicted octanol–water partition coefficient (Wildman–Crippen LogP) is 6.76. The summed E-state index contributed by atoms with van der Waals surface area (Å²) in [6, 6.07) is 0. The van der Waals surface area contributed by atoms with Crippen LogP contribution in [0.5, 0.6) is 0 Å². The average Bonchev–Trinajstić information content (AvgIpc) is 2.95. The zero-order valence-corrected chi connectivity index (χ0v) is 14.1. The van der Waals surface area contributed by atoms with Gasteiger partial charge in [0.15, 0.2) is 0 Å². The first-order valence-electron chi connectivity index (χ1n) is 8.64. The molecule has 1 rings (SSSR count). The lowest BCUT2D eigenvalue weighted by molar-refractivity contribution is 0.321. The summed E-state index contributed by atoms with van der Waals surface area (Å²) in [6.45, 7) is 11.9. The van der Waals surface area contributed by atoms with E-state index < -0.39 is 0 Å². The molecule has 0 aromatic carbocycles. The molecule has 0 saturated heterocycles. The van der Waals surface area contributed by atoms with Gasteiger partial charge in [-0.1, -0.05) is 66.0 Å². The van der Waals surface area contributed by atoms with E-state index in [1.54, 1.807) is 0 Å². The topological polar surface area (TPSA) is 0 Å². The summed E-state index contributed by atoms with van der Waals surface area (Å²) >= 11 is 0. The van der Waals surface area contributed by atoms with Gasteiger partial charge in [-0.3, -0.25) is 0 Å². The van der Waals surface area contributed by atoms with Crippen molar-refractivity contribution < 1.29 is 0 Å². The Morgan fingerprint density at radius 3 is 2.42 bits per heavy atom. The van der Waals surface area contributed by atoms with Crippen LogP contribution in [0.3, 0.4) is 0 Å². The second-order valence-electron chi connectivity index (χ2n) is 7.48. The van der Waals surface area contributed by atoms with Crippen molar-refractivity contribution in [1.29, 1.82) is 0 Å². The lowest BCUT2D eigenvalue weighted by atomic mass is 9.85. The molecule has 0 heterocycles. The SMILES string of the molecule is CCCCCC1(C)CC1(CC)CC=CCCC(C)C. The van der Waals surface area contributed by atoms with Gasteiger partial charge in [-0.05, 0) is 55.3 Å². The highest BCUT2D eigenvalue weighted by Crippen LogP contribution is 2.70. The Kier molecular flexibility index (Phi) is 6.63. The molecule has 0 amide bonds. The Bertz CT molecular complexity index is 276. The van der Waals surface area contributed by atoms with Crippen molar-refractivity contribution in [2.75, 3.05) is 0 Å². The zero-order valence-electron chi connectivity index (χ0n) is 14.1. The molecule has 0 spiro atoms. The van der Waals surface area contributed by atoms with Crippen molar-refractivity contribution in [3.8, 4) is 0 Å². The van der Waals surface area contributed by atoms with Crippen LogP contribution in [-0.2, 0) is 0 Å². The van der Waals surface area contributed by atoms with E-state index in [0.717, 1.165) is 5.92 Å². The molecule has 0 bridgehead atoms. The molecule has 112 valence electrons. The molecule has 19 heavy (non-hydrogen) atoms. The normalized spacial score (nSPS) is 30.4. The third-order valence-electron chi connectivity index (χ3n) is 5.48. The minimum Gasteiger partial charge on any atom is -0.0885 e. The van der Waals surface area contributed by atoms with Crippen LogP contribution >= 0.6 is 0 Å². The first-order valence-corrected chi connectivity index (χ1v) is 8.64. The number of unbranched alkanes of at least 4 members (excludes halogenated alkanes) is 2. The van der Waals surface area contributed by atoms with Crippen LogP contribution < -0.4 is 0 Å². The third-order valence-corrected chi connectivity index (χ3v) is 5.48. The molecule has 0 aliphatic heterocycles. The summed E-state index contributed by atoms with van der Waals surface area (Å²) in [7, 11) is 0. The van der Waals surface area contributed by atoms with E-state index in [2.05, 4.69) is 46.8 Å². The summed E-state index contributed by atoms with van der Waals surface area (Å²) in [5.41, 5.74) is 1.30. The number of rotatable bonds is 10. The highest BCUT2D eigenvalue weighted by atomic mass is 14.6. The van der Waals surface area contributed by atoms with Gasteiger partial charge in [0.05, 0.1) is 0 Å². The predicted molar refractivity (Wildman–Crippen MR) is 87.4 cm³/mol. The molecule has 0 aromatic heterocycles. The maximum absolute atomic E-state index is 2.54. The van der Waals surface area contributed by atoms with Crippen LogP contribution in [0, 0.1) is 16.7 Å². The fourth-order valence-corrected chi connectivity index (χ4v) is 3.69. The number of allylic oxidation sites excluding steroid dienone is 2. The van der Waals surface area contributed by atoms with Gasteiger partial charge < -0.3 is 0 Å². The summed E-state index contributed by atoms with van der Waals surface area (Å²) < 4.78 is 0. The van der Waals surface area contributed by atoms with Crippen molar-refractivity contribution in [3.05, 3.63) is 12.2 Å². The third kappa shape index (κ3) is 4.65. The molecule has 1 aliphatic rings. The summed E-state index contributed by atoms with van der Waals surface area (Å²) in [6.07, 6.45) is 17.3. The molecule has 0 heteroatoms. The van der Waals surface area contributed by atoms with Crippen molar-refractivity contribution in [2.24, 2.45) is 16.7 Å². The number of hydrogen-bond acceptors (Lipinski definition) is 0. The van der Waals surface area contributed by atoms with Crippen molar-refractivity contribution >= 4 is 0 Å². The van der Waals surface area contributed by atoms with E-state index in [-0.39, 0.29) is 0 Å². The van der Waals surface area contributed by atoms with Crippen molar-refractivity contribution in [3.63, 3.8) is 0 Å². The summed E-state index contributed by atoms with van der Waals surface area (Å²) in [5.74, 6) is 0.838. The van der Waals surface area contributed by atoms with Crippen molar-refractivity contribution in [1.82, 2.24) is 0 Å². The van der Waals surface area contributed by atoms with Crippen molar-refractivity contribution in [2.45, 2.75) is 92.4 Å². The molecule has 2 atom stereocenters. The highest BCUT2D eigenvalue weighted by Gasteiger charge is 2.60. The molecule has 1 saturated carbocycles. The largest absolute Gasteiger partial charge is 0.0885 e. The molecule has 1 aliphatic carbocycles. The maximum atomic E-state index is 2.54. The summed E-state index contributed by atoms with van der Waals surface area (Å²) in [5, 5.41) is 0. The van der Waals surface area contributed by atoms with Gasteiger partial charge in [0.2, 0.25) is 0 Å². The molecular formula is C19H36. The van der Waals surface area contributed by atoms with Crippen LogP contribution in [0.25, 0.3) is 0 Å². The van der Waals surface area contributed by atoms with E-state index >= 15 is 0 Å². The molecule has 2 unspecified atom stereocenters. The molecule has 1 fully saturated rings. The smallest absolute Gasteiger partial charge is 0.0206 e. The fraction of sp³-hybridized carbons (Fsp3) is 0.895. The van der Waals surface area contributed by atoms with E-state index in [9.17, 15) is 0 Å². The van der Waals surface area contributed by atoms with Gasteiger partial charge in [0.1, 0.15) is 0 Å². The molecule has 0 aromatic rings. The van der Waals surface area contributed by atoms with Gasteiger partial charge in [-0.2, -0.15) is 0 Å².